The predicted molar refractivity (Wildman–Crippen MR) is 69.2 cm³/mol. The van der Waals surface area contributed by atoms with E-state index in [0.29, 0.717) is 6.04 Å². The van der Waals surface area contributed by atoms with Crippen LogP contribution in [0.5, 0.6) is 0 Å². The molecule has 2 rings (SSSR count). The number of β-amino-alcohol motifs (C(OH)–C–C–N with tert-alkyl or cyclic N) is 1. The quantitative estimate of drug-likeness (QED) is 0.847. The second-order valence-electron chi connectivity index (χ2n) is 4.84. The maximum atomic E-state index is 9.41. The molecule has 1 aromatic heterocycles. The molecule has 1 aliphatic heterocycles. The monoisotopic (exact) mass is 235 g/mol. The topological polar surface area (TPSA) is 39.6 Å². The van der Waals surface area contributed by atoms with E-state index in [-0.39, 0.29) is 6.10 Å². The molecule has 0 spiro atoms. The lowest BCUT2D eigenvalue weighted by Gasteiger charge is -2.40. The minimum atomic E-state index is -0.247. The van der Waals surface area contributed by atoms with Crippen LogP contribution in [0.2, 0.25) is 0 Å². The van der Waals surface area contributed by atoms with Crippen molar-refractivity contribution in [2.45, 2.75) is 26.0 Å². The number of hydrogen-bond acceptors (Lipinski definition) is 4. The molecule has 2 atom stereocenters. The number of aliphatic hydroxyl groups is 1. The van der Waals surface area contributed by atoms with Crippen molar-refractivity contribution in [3.63, 3.8) is 0 Å². The number of anilines is 1. The summed E-state index contributed by atoms with van der Waals surface area (Å²) in [7, 11) is 0. The molecule has 0 aliphatic carbocycles. The molecule has 0 saturated carbocycles. The first-order chi connectivity index (χ1) is 8.16. The Balaban J connectivity index is 1.97. The van der Waals surface area contributed by atoms with Gasteiger partial charge in [0.05, 0.1) is 6.10 Å². The van der Waals surface area contributed by atoms with Crippen LogP contribution in [0.4, 0.5) is 5.82 Å². The van der Waals surface area contributed by atoms with Crippen molar-refractivity contribution < 1.29 is 5.11 Å². The zero-order chi connectivity index (χ0) is 12.3. The van der Waals surface area contributed by atoms with Gasteiger partial charge in [-0.25, -0.2) is 4.98 Å². The number of aliphatic hydroxyl groups excluding tert-OH is 1. The first kappa shape index (κ1) is 12.3. The van der Waals surface area contributed by atoms with E-state index in [1.807, 2.05) is 25.3 Å². The number of pyridine rings is 1. The molecular weight excluding hydrogens is 214 g/mol. The van der Waals surface area contributed by atoms with Gasteiger partial charge in [-0.3, -0.25) is 4.90 Å². The van der Waals surface area contributed by atoms with Crippen molar-refractivity contribution in [3.8, 4) is 0 Å². The molecule has 4 nitrogen and oxygen atoms in total. The minimum absolute atomic E-state index is 0.247. The van der Waals surface area contributed by atoms with Crippen molar-refractivity contribution in [1.29, 1.82) is 0 Å². The average molecular weight is 235 g/mol. The third-order valence-corrected chi connectivity index (χ3v) is 3.18. The number of piperazine rings is 1. The summed E-state index contributed by atoms with van der Waals surface area (Å²) < 4.78 is 0. The Kier molecular flexibility index (Phi) is 3.97. The van der Waals surface area contributed by atoms with E-state index < -0.39 is 0 Å². The first-order valence-corrected chi connectivity index (χ1v) is 6.25. The zero-order valence-electron chi connectivity index (χ0n) is 10.6. The van der Waals surface area contributed by atoms with Crippen LogP contribution in [0.25, 0.3) is 0 Å². The SMILES string of the molecule is C[C@@H]1CN(C[C@@H](C)O)CCN1c1ccccn1. The Morgan fingerprint density at radius 3 is 2.88 bits per heavy atom. The highest BCUT2D eigenvalue weighted by molar-refractivity contribution is 5.39. The van der Waals surface area contributed by atoms with Crippen LogP contribution >= 0.6 is 0 Å². The van der Waals surface area contributed by atoms with Crippen molar-refractivity contribution in [2.75, 3.05) is 31.1 Å². The molecule has 0 radical (unpaired) electrons. The molecule has 1 aliphatic rings. The van der Waals surface area contributed by atoms with Crippen molar-refractivity contribution in [1.82, 2.24) is 9.88 Å². The van der Waals surface area contributed by atoms with E-state index in [0.717, 1.165) is 32.0 Å². The van der Waals surface area contributed by atoms with Gasteiger partial charge < -0.3 is 10.0 Å². The summed E-state index contributed by atoms with van der Waals surface area (Å²) >= 11 is 0. The van der Waals surface area contributed by atoms with E-state index in [2.05, 4.69) is 27.8 Å². The summed E-state index contributed by atoms with van der Waals surface area (Å²) in [5, 5.41) is 9.41. The van der Waals surface area contributed by atoms with E-state index >= 15 is 0 Å². The summed E-state index contributed by atoms with van der Waals surface area (Å²) in [6.45, 7) is 7.78. The molecule has 2 heterocycles. The Bertz CT molecular complexity index is 342. The van der Waals surface area contributed by atoms with Crippen LogP contribution in [0.15, 0.2) is 24.4 Å². The number of aromatic nitrogens is 1. The maximum Gasteiger partial charge on any atom is 0.128 e. The van der Waals surface area contributed by atoms with Gasteiger partial charge in [0.25, 0.3) is 0 Å². The van der Waals surface area contributed by atoms with Crippen LogP contribution < -0.4 is 4.90 Å². The largest absolute Gasteiger partial charge is 0.392 e. The zero-order valence-corrected chi connectivity index (χ0v) is 10.6. The van der Waals surface area contributed by atoms with E-state index in [9.17, 15) is 5.11 Å². The molecular formula is C13H21N3O. The summed E-state index contributed by atoms with van der Waals surface area (Å²) in [5.74, 6) is 1.05. The molecule has 94 valence electrons. The number of rotatable bonds is 3. The van der Waals surface area contributed by atoms with Gasteiger partial charge in [-0.05, 0) is 26.0 Å². The molecule has 0 amide bonds. The second-order valence-corrected chi connectivity index (χ2v) is 4.84. The molecule has 17 heavy (non-hydrogen) atoms. The Hall–Kier alpha value is -1.13. The molecule has 1 N–H and O–H groups in total. The lowest BCUT2D eigenvalue weighted by atomic mass is 10.1. The van der Waals surface area contributed by atoms with Crippen LogP contribution in [-0.2, 0) is 0 Å². The molecule has 1 saturated heterocycles. The third kappa shape index (κ3) is 3.17. The van der Waals surface area contributed by atoms with Crippen molar-refractivity contribution in [3.05, 3.63) is 24.4 Å². The summed E-state index contributed by atoms with van der Waals surface area (Å²) in [4.78, 5) is 9.04. The van der Waals surface area contributed by atoms with Gasteiger partial charge in [0.1, 0.15) is 5.82 Å². The average Bonchev–Trinajstić information content (AvgIpc) is 2.29. The summed E-state index contributed by atoms with van der Waals surface area (Å²) in [5.41, 5.74) is 0. The summed E-state index contributed by atoms with van der Waals surface area (Å²) in [6, 6.07) is 6.47. The molecule has 0 bridgehead atoms. The number of nitrogens with zero attached hydrogens (tertiary/aromatic N) is 3. The Morgan fingerprint density at radius 2 is 2.29 bits per heavy atom. The molecule has 0 unspecified atom stereocenters. The van der Waals surface area contributed by atoms with Gasteiger partial charge in [-0.1, -0.05) is 6.07 Å². The van der Waals surface area contributed by atoms with Crippen LogP contribution in [0, 0.1) is 0 Å². The third-order valence-electron chi connectivity index (χ3n) is 3.18. The Morgan fingerprint density at radius 1 is 1.47 bits per heavy atom. The van der Waals surface area contributed by atoms with E-state index in [4.69, 9.17) is 0 Å². The Labute approximate surface area is 103 Å². The van der Waals surface area contributed by atoms with Crippen molar-refractivity contribution in [2.24, 2.45) is 0 Å². The summed E-state index contributed by atoms with van der Waals surface area (Å²) in [6.07, 6.45) is 1.59. The van der Waals surface area contributed by atoms with Gasteiger partial charge in [0.2, 0.25) is 0 Å². The van der Waals surface area contributed by atoms with Gasteiger partial charge in [0.15, 0.2) is 0 Å². The van der Waals surface area contributed by atoms with Gasteiger partial charge in [0, 0.05) is 38.4 Å². The molecule has 1 fully saturated rings. The van der Waals surface area contributed by atoms with Crippen LogP contribution in [0.3, 0.4) is 0 Å². The number of hydrogen-bond donors (Lipinski definition) is 1. The van der Waals surface area contributed by atoms with E-state index in [1.165, 1.54) is 0 Å². The van der Waals surface area contributed by atoms with Crippen LogP contribution in [-0.4, -0.2) is 53.3 Å². The second kappa shape index (κ2) is 5.47. The minimum Gasteiger partial charge on any atom is -0.392 e. The lowest BCUT2D eigenvalue weighted by molar-refractivity contribution is 0.114. The fourth-order valence-electron chi connectivity index (χ4n) is 2.44. The molecule has 1 aromatic rings. The normalized spacial score (nSPS) is 23.7. The lowest BCUT2D eigenvalue weighted by Crippen LogP contribution is -2.53. The van der Waals surface area contributed by atoms with Crippen molar-refractivity contribution >= 4 is 5.82 Å². The fraction of sp³-hybridized carbons (Fsp3) is 0.615. The molecule has 4 heteroatoms. The predicted octanol–water partition coefficient (Wildman–Crippen LogP) is 0.973. The van der Waals surface area contributed by atoms with Gasteiger partial charge >= 0.3 is 0 Å². The highest BCUT2D eigenvalue weighted by Crippen LogP contribution is 2.17. The maximum absolute atomic E-state index is 9.41. The molecule has 0 aromatic carbocycles. The van der Waals surface area contributed by atoms with Gasteiger partial charge in [-0.15, -0.1) is 0 Å². The van der Waals surface area contributed by atoms with Gasteiger partial charge in [-0.2, -0.15) is 0 Å². The highest BCUT2D eigenvalue weighted by Gasteiger charge is 2.24. The standard InChI is InChI=1S/C13H21N3O/c1-11-9-15(10-12(2)17)7-8-16(11)13-5-3-4-6-14-13/h3-6,11-12,17H,7-10H2,1-2H3/t11-,12-/m1/s1. The highest BCUT2D eigenvalue weighted by atomic mass is 16.3. The fourth-order valence-corrected chi connectivity index (χ4v) is 2.44. The van der Waals surface area contributed by atoms with Crippen LogP contribution in [0.1, 0.15) is 13.8 Å². The smallest absolute Gasteiger partial charge is 0.128 e. The first-order valence-electron chi connectivity index (χ1n) is 6.25. The van der Waals surface area contributed by atoms with E-state index in [1.54, 1.807) is 0 Å².